The lowest BCUT2D eigenvalue weighted by Crippen LogP contribution is -2.27. The fourth-order valence-corrected chi connectivity index (χ4v) is 2.92. The number of benzene rings is 2. The Balaban J connectivity index is 1.70. The minimum atomic E-state index is -0.256. The molecule has 1 amide bonds. The average molecular weight is 395 g/mol. The Hall–Kier alpha value is -2.99. The number of amides is 1. The van der Waals surface area contributed by atoms with E-state index in [1.54, 1.807) is 12.1 Å². The van der Waals surface area contributed by atoms with E-state index >= 15 is 0 Å². The molecule has 152 valence electrons. The van der Waals surface area contributed by atoms with Gasteiger partial charge in [-0.25, -0.2) is 9.37 Å². The van der Waals surface area contributed by atoms with Gasteiger partial charge in [0.05, 0.1) is 6.54 Å². The quantitative estimate of drug-likeness (QED) is 0.583. The highest BCUT2D eigenvalue weighted by Gasteiger charge is 2.16. The molecular weight excluding hydrogens is 369 g/mol. The minimum Gasteiger partial charge on any atom is -0.447 e. The molecule has 0 aliphatic carbocycles. The van der Waals surface area contributed by atoms with Crippen molar-refractivity contribution in [3.05, 3.63) is 89.4 Å². The molecule has 0 bridgehead atoms. The average Bonchev–Trinajstić information content (AvgIpc) is 3.17. The van der Waals surface area contributed by atoms with Crippen molar-refractivity contribution in [2.75, 3.05) is 6.54 Å². The second-order valence-corrected chi connectivity index (χ2v) is 7.49. The molecule has 0 unspecified atom stereocenters. The van der Waals surface area contributed by atoms with Gasteiger partial charge >= 0.3 is 0 Å². The summed E-state index contributed by atoms with van der Waals surface area (Å²) in [6.45, 7) is 6.37. The molecule has 5 nitrogen and oxygen atoms in total. The van der Waals surface area contributed by atoms with Crippen molar-refractivity contribution in [2.24, 2.45) is 5.92 Å². The van der Waals surface area contributed by atoms with Crippen LogP contribution >= 0.6 is 0 Å². The van der Waals surface area contributed by atoms with Crippen molar-refractivity contribution < 1.29 is 13.6 Å². The molecule has 0 aliphatic heterocycles. The summed E-state index contributed by atoms with van der Waals surface area (Å²) >= 11 is 0. The number of nitrogens with zero attached hydrogens (tertiary/aromatic N) is 2. The van der Waals surface area contributed by atoms with Gasteiger partial charge in [-0.1, -0.05) is 56.3 Å². The summed E-state index contributed by atoms with van der Waals surface area (Å²) < 4.78 is 18.8. The van der Waals surface area contributed by atoms with Crippen LogP contribution in [0.3, 0.4) is 0 Å². The fraction of sp³-hybridized carbons (Fsp3) is 0.304. The van der Waals surface area contributed by atoms with E-state index in [4.69, 9.17) is 4.42 Å². The van der Waals surface area contributed by atoms with E-state index in [-0.39, 0.29) is 17.4 Å². The van der Waals surface area contributed by atoms with E-state index in [0.717, 1.165) is 11.1 Å². The summed E-state index contributed by atoms with van der Waals surface area (Å²) in [6, 6.07) is 16.5. The van der Waals surface area contributed by atoms with E-state index in [2.05, 4.69) is 27.3 Å². The van der Waals surface area contributed by atoms with Crippen LogP contribution < -0.4 is 5.32 Å². The van der Waals surface area contributed by atoms with Crippen LogP contribution in [0, 0.1) is 11.7 Å². The second kappa shape index (κ2) is 9.98. The Morgan fingerprint density at radius 2 is 1.69 bits per heavy atom. The van der Waals surface area contributed by atoms with Gasteiger partial charge in [0.25, 0.3) is 5.91 Å². The number of hydrogen-bond acceptors (Lipinski definition) is 4. The molecule has 3 aromatic rings. The Morgan fingerprint density at radius 1 is 1.03 bits per heavy atom. The molecule has 0 saturated carbocycles. The van der Waals surface area contributed by atoms with E-state index in [9.17, 15) is 9.18 Å². The Morgan fingerprint density at radius 3 is 2.34 bits per heavy atom. The lowest BCUT2D eigenvalue weighted by atomic mass is 10.1. The maximum absolute atomic E-state index is 13.2. The van der Waals surface area contributed by atoms with E-state index < -0.39 is 0 Å². The summed E-state index contributed by atoms with van der Waals surface area (Å²) in [4.78, 5) is 18.7. The third-order valence-corrected chi connectivity index (χ3v) is 4.38. The van der Waals surface area contributed by atoms with Gasteiger partial charge < -0.3 is 9.73 Å². The van der Waals surface area contributed by atoms with Gasteiger partial charge in [0.15, 0.2) is 5.69 Å². The van der Waals surface area contributed by atoms with Crippen LogP contribution in [0.2, 0.25) is 0 Å². The molecule has 1 heterocycles. The van der Waals surface area contributed by atoms with Crippen LogP contribution in [0.25, 0.3) is 0 Å². The van der Waals surface area contributed by atoms with Crippen molar-refractivity contribution >= 4 is 5.91 Å². The summed E-state index contributed by atoms with van der Waals surface area (Å²) in [5.74, 6) is 0.343. The van der Waals surface area contributed by atoms with Crippen LogP contribution in [-0.4, -0.2) is 22.3 Å². The van der Waals surface area contributed by atoms with Gasteiger partial charge in [-0.05, 0) is 29.2 Å². The maximum atomic E-state index is 13.2. The zero-order valence-corrected chi connectivity index (χ0v) is 16.8. The van der Waals surface area contributed by atoms with E-state index in [0.29, 0.717) is 38.0 Å². The third-order valence-electron chi connectivity index (χ3n) is 4.38. The highest BCUT2D eigenvalue weighted by atomic mass is 19.1. The summed E-state index contributed by atoms with van der Waals surface area (Å²) in [5, 5.41) is 2.84. The number of aromatic nitrogens is 1. The molecule has 0 fully saturated rings. The summed E-state index contributed by atoms with van der Waals surface area (Å²) in [5.41, 5.74) is 2.42. The monoisotopic (exact) mass is 395 g/mol. The van der Waals surface area contributed by atoms with Gasteiger partial charge in [-0.15, -0.1) is 0 Å². The first-order chi connectivity index (χ1) is 14.0. The lowest BCUT2D eigenvalue weighted by Gasteiger charge is -2.21. The zero-order valence-electron chi connectivity index (χ0n) is 16.8. The number of rotatable bonds is 9. The molecule has 1 aromatic heterocycles. The van der Waals surface area contributed by atoms with Gasteiger partial charge in [-0.2, -0.15) is 0 Å². The first-order valence-corrected chi connectivity index (χ1v) is 9.73. The molecule has 0 radical (unpaired) electrons. The molecule has 6 heteroatoms. The largest absolute Gasteiger partial charge is 0.447 e. The number of carbonyl (C=O) groups excluding carboxylic acids is 1. The van der Waals surface area contributed by atoms with Crippen LogP contribution in [0.4, 0.5) is 4.39 Å². The molecule has 0 spiro atoms. The van der Waals surface area contributed by atoms with Crippen LogP contribution in [-0.2, 0) is 19.6 Å². The normalized spacial score (nSPS) is 11.2. The Kier molecular flexibility index (Phi) is 7.14. The second-order valence-electron chi connectivity index (χ2n) is 7.49. The van der Waals surface area contributed by atoms with Gasteiger partial charge in [0, 0.05) is 19.6 Å². The standard InChI is InChI=1S/C23H26FN3O2/c1-17(2)12-25-23(28)21-16-29-22(26-21)15-27(13-18-6-4-3-5-7-18)14-19-8-10-20(24)11-9-19/h3-11,16-17H,12-15H2,1-2H3,(H,25,28). The van der Waals surface area contributed by atoms with Crippen LogP contribution in [0.1, 0.15) is 41.4 Å². The first kappa shape index (κ1) is 20.7. The van der Waals surface area contributed by atoms with Gasteiger partial charge in [0.2, 0.25) is 5.89 Å². The zero-order chi connectivity index (χ0) is 20.6. The molecule has 29 heavy (non-hydrogen) atoms. The van der Waals surface area contributed by atoms with E-state index in [1.807, 2.05) is 32.0 Å². The minimum absolute atomic E-state index is 0.234. The predicted molar refractivity (Wildman–Crippen MR) is 109 cm³/mol. The maximum Gasteiger partial charge on any atom is 0.273 e. The van der Waals surface area contributed by atoms with Crippen molar-refractivity contribution in [3.8, 4) is 0 Å². The van der Waals surface area contributed by atoms with Crippen molar-refractivity contribution in [1.82, 2.24) is 15.2 Å². The first-order valence-electron chi connectivity index (χ1n) is 9.73. The highest BCUT2D eigenvalue weighted by molar-refractivity contribution is 5.91. The molecule has 1 N–H and O–H groups in total. The number of oxazole rings is 1. The van der Waals surface area contributed by atoms with E-state index in [1.165, 1.54) is 18.4 Å². The van der Waals surface area contributed by atoms with Gasteiger partial charge in [-0.3, -0.25) is 9.69 Å². The number of hydrogen-bond donors (Lipinski definition) is 1. The van der Waals surface area contributed by atoms with Crippen molar-refractivity contribution in [2.45, 2.75) is 33.5 Å². The molecule has 0 aliphatic rings. The van der Waals surface area contributed by atoms with Gasteiger partial charge in [0.1, 0.15) is 12.1 Å². The molecule has 0 saturated heterocycles. The molecule has 3 rings (SSSR count). The molecule has 2 aromatic carbocycles. The SMILES string of the molecule is CC(C)CNC(=O)c1coc(CN(Cc2ccccc2)Cc2ccc(F)cc2)n1. The van der Waals surface area contributed by atoms with Crippen LogP contribution in [0.15, 0.2) is 65.3 Å². The van der Waals surface area contributed by atoms with Crippen molar-refractivity contribution in [1.29, 1.82) is 0 Å². The Labute approximate surface area is 170 Å². The van der Waals surface area contributed by atoms with Crippen LogP contribution in [0.5, 0.6) is 0 Å². The van der Waals surface area contributed by atoms with Crippen molar-refractivity contribution in [3.63, 3.8) is 0 Å². The molecular formula is C23H26FN3O2. The Bertz CT molecular complexity index is 907. The highest BCUT2D eigenvalue weighted by Crippen LogP contribution is 2.15. The fourth-order valence-electron chi connectivity index (χ4n) is 2.92. The predicted octanol–water partition coefficient (Wildman–Crippen LogP) is 4.40. The smallest absolute Gasteiger partial charge is 0.273 e. The molecule has 0 atom stereocenters. The third kappa shape index (κ3) is 6.54. The lowest BCUT2D eigenvalue weighted by molar-refractivity contribution is 0.0944. The number of carbonyl (C=O) groups is 1. The number of nitrogens with one attached hydrogen (secondary N) is 1. The number of halogens is 1. The topological polar surface area (TPSA) is 58.4 Å². The summed E-state index contributed by atoms with van der Waals surface area (Å²) in [6.07, 6.45) is 1.39. The summed E-state index contributed by atoms with van der Waals surface area (Å²) in [7, 11) is 0.